The van der Waals surface area contributed by atoms with Crippen molar-refractivity contribution in [2.75, 3.05) is 32.7 Å². The number of nitrogens with zero attached hydrogens (tertiary/aromatic N) is 2. The van der Waals surface area contributed by atoms with Crippen molar-refractivity contribution in [3.05, 3.63) is 47.5 Å². The van der Waals surface area contributed by atoms with Gasteiger partial charge in [0.05, 0.1) is 12.0 Å². The first-order valence-corrected chi connectivity index (χ1v) is 12.0. The molecule has 168 valence electrons. The van der Waals surface area contributed by atoms with E-state index in [9.17, 15) is 9.90 Å². The predicted molar refractivity (Wildman–Crippen MR) is 120 cm³/mol. The minimum absolute atomic E-state index is 0.0856. The van der Waals surface area contributed by atoms with E-state index in [1.807, 2.05) is 0 Å². The molecule has 5 nitrogen and oxygen atoms in total. The zero-order valence-corrected chi connectivity index (χ0v) is 18.9. The van der Waals surface area contributed by atoms with E-state index in [1.54, 1.807) is 0 Å². The maximum atomic E-state index is 12.9. The molecule has 3 fully saturated rings. The Kier molecular flexibility index (Phi) is 5.70. The van der Waals surface area contributed by atoms with E-state index in [0.717, 1.165) is 52.0 Å². The molecular weight excluding hydrogens is 388 g/mol. The molecule has 5 heteroatoms. The van der Waals surface area contributed by atoms with Crippen LogP contribution in [-0.2, 0) is 16.1 Å². The summed E-state index contributed by atoms with van der Waals surface area (Å²) in [5.41, 5.74) is 2.44. The molecule has 0 aromatic heterocycles. The molecule has 2 saturated heterocycles. The third kappa shape index (κ3) is 3.75. The second-order valence-corrected chi connectivity index (χ2v) is 10.4. The number of carbonyl (C=O) groups excluding carboxylic acids is 1. The summed E-state index contributed by atoms with van der Waals surface area (Å²) in [7, 11) is 0. The lowest BCUT2D eigenvalue weighted by Crippen LogP contribution is -2.55. The summed E-state index contributed by atoms with van der Waals surface area (Å²) in [6.07, 6.45) is 4.61. The van der Waals surface area contributed by atoms with Crippen LogP contribution in [0.5, 0.6) is 0 Å². The molecule has 1 aromatic carbocycles. The van der Waals surface area contributed by atoms with Crippen molar-refractivity contribution in [2.24, 2.45) is 23.2 Å². The summed E-state index contributed by atoms with van der Waals surface area (Å²) in [5, 5.41) is 11.5. The highest BCUT2D eigenvalue weighted by Gasteiger charge is 2.59. The number of ether oxygens (including phenoxy) is 1. The highest BCUT2D eigenvalue weighted by atomic mass is 16.6. The minimum Gasteiger partial charge on any atom is -0.461 e. The molecule has 31 heavy (non-hydrogen) atoms. The molecule has 1 saturated carbocycles. The van der Waals surface area contributed by atoms with E-state index in [1.165, 1.54) is 11.1 Å². The van der Waals surface area contributed by atoms with Gasteiger partial charge >= 0.3 is 5.97 Å². The third-order valence-electron chi connectivity index (χ3n) is 8.74. The summed E-state index contributed by atoms with van der Waals surface area (Å²) in [5.74, 6) is 0.0309. The summed E-state index contributed by atoms with van der Waals surface area (Å²) in [6.45, 7) is 10.1. The average molecular weight is 425 g/mol. The van der Waals surface area contributed by atoms with Crippen LogP contribution in [0.2, 0.25) is 0 Å². The van der Waals surface area contributed by atoms with Gasteiger partial charge in [0.25, 0.3) is 0 Å². The molecule has 0 bridgehead atoms. The minimum atomic E-state index is -0.511. The topological polar surface area (TPSA) is 53.0 Å². The molecule has 0 radical (unpaired) electrons. The second-order valence-electron chi connectivity index (χ2n) is 10.4. The summed E-state index contributed by atoms with van der Waals surface area (Å²) < 4.78 is 5.84. The molecule has 6 atom stereocenters. The molecule has 0 amide bonds. The number of allylic oxidation sites excluding steroid dienone is 1. The second kappa shape index (κ2) is 8.34. The lowest BCUT2D eigenvalue weighted by molar-refractivity contribution is -0.145. The van der Waals surface area contributed by atoms with E-state index < -0.39 is 6.10 Å². The van der Waals surface area contributed by atoms with Gasteiger partial charge in [0, 0.05) is 57.0 Å². The molecular formula is C26H36N2O3. The van der Waals surface area contributed by atoms with Crippen molar-refractivity contribution in [3.8, 4) is 0 Å². The van der Waals surface area contributed by atoms with Crippen LogP contribution in [0, 0.1) is 23.2 Å². The highest BCUT2D eigenvalue weighted by molar-refractivity contribution is 5.76. The van der Waals surface area contributed by atoms with Gasteiger partial charge < -0.3 is 9.84 Å². The van der Waals surface area contributed by atoms with Crippen LogP contribution < -0.4 is 0 Å². The standard InChI is InChI=1S/C26H36N2O3/c1-18-7-6-10-20-15-22-23(24(29)26(18,20)2)21(25(30)31-22)17-28-13-11-27(12-14-28)16-19-8-4-3-5-9-19/h3-5,8-10,18,21-24,29H,6-7,11-17H2,1-2H3/t18-,21+,22+,23+,24+,26+/m0/s1. The van der Waals surface area contributed by atoms with Crippen molar-refractivity contribution in [1.82, 2.24) is 9.80 Å². The Morgan fingerprint density at radius 2 is 1.84 bits per heavy atom. The van der Waals surface area contributed by atoms with Gasteiger partial charge in [-0.3, -0.25) is 14.6 Å². The van der Waals surface area contributed by atoms with Gasteiger partial charge in [-0.2, -0.15) is 0 Å². The number of carbonyl (C=O) groups is 1. The Hall–Kier alpha value is -1.69. The Morgan fingerprint density at radius 3 is 2.58 bits per heavy atom. The largest absolute Gasteiger partial charge is 0.461 e. The van der Waals surface area contributed by atoms with Crippen molar-refractivity contribution in [1.29, 1.82) is 0 Å². The van der Waals surface area contributed by atoms with Crippen LogP contribution in [-0.4, -0.2) is 65.8 Å². The Bertz CT molecular complexity index is 832. The first-order chi connectivity index (χ1) is 15.0. The van der Waals surface area contributed by atoms with Gasteiger partial charge in [-0.1, -0.05) is 55.8 Å². The molecule has 2 heterocycles. The van der Waals surface area contributed by atoms with E-state index in [0.29, 0.717) is 12.5 Å². The Balaban J connectivity index is 1.24. The SMILES string of the molecule is C[C@H]1CCC=C2C[C@H]3OC(=O)[C@H](CN4CCN(Cc5ccccc5)CC4)[C@H]3[C@@H](O)[C@@]21C. The fourth-order valence-corrected chi connectivity index (χ4v) is 6.52. The first-order valence-electron chi connectivity index (χ1n) is 12.0. The van der Waals surface area contributed by atoms with Crippen LogP contribution >= 0.6 is 0 Å². The van der Waals surface area contributed by atoms with Gasteiger partial charge in [0.1, 0.15) is 6.10 Å². The van der Waals surface area contributed by atoms with E-state index in [-0.39, 0.29) is 29.3 Å². The molecule has 1 N–H and O–H groups in total. The number of fused-ring (bicyclic) bond motifs is 2. The van der Waals surface area contributed by atoms with E-state index >= 15 is 0 Å². The molecule has 5 rings (SSSR count). The van der Waals surface area contributed by atoms with E-state index in [2.05, 4.69) is 60.1 Å². The summed E-state index contributed by atoms with van der Waals surface area (Å²) in [4.78, 5) is 17.8. The number of rotatable bonds is 4. The number of aliphatic hydroxyl groups is 1. The monoisotopic (exact) mass is 424 g/mol. The van der Waals surface area contributed by atoms with Gasteiger partial charge in [0.15, 0.2) is 0 Å². The Morgan fingerprint density at radius 1 is 1.13 bits per heavy atom. The number of esters is 1. The number of benzene rings is 1. The van der Waals surface area contributed by atoms with Gasteiger partial charge in [-0.15, -0.1) is 0 Å². The van der Waals surface area contributed by atoms with Crippen molar-refractivity contribution in [2.45, 2.75) is 51.9 Å². The molecule has 2 aliphatic heterocycles. The first kappa shape index (κ1) is 21.2. The van der Waals surface area contributed by atoms with Crippen LogP contribution in [0.25, 0.3) is 0 Å². The lowest BCUT2D eigenvalue weighted by Gasteiger charge is -2.52. The average Bonchev–Trinajstić information content (AvgIpc) is 3.07. The molecule has 0 spiro atoms. The summed E-state index contributed by atoms with van der Waals surface area (Å²) in [6, 6.07) is 10.6. The van der Waals surface area contributed by atoms with Crippen LogP contribution in [0.15, 0.2) is 42.0 Å². The molecule has 4 aliphatic rings. The van der Waals surface area contributed by atoms with Crippen LogP contribution in [0.4, 0.5) is 0 Å². The molecule has 0 unspecified atom stereocenters. The van der Waals surface area contributed by atoms with Gasteiger partial charge in [-0.25, -0.2) is 0 Å². The normalized spacial score (nSPS) is 38.9. The Labute approximate surface area is 186 Å². The van der Waals surface area contributed by atoms with Crippen LogP contribution in [0.1, 0.15) is 38.7 Å². The molecule has 2 aliphatic carbocycles. The number of aliphatic hydroxyl groups excluding tert-OH is 1. The number of hydrogen-bond donors (Lipinski definition) is 1. The third-order valence-corrected chi connectivity index (χ3v) is 8.74. The van der Waals surface area contributed by atoms with Gasteiger partial charge in [-0.05, 0) is 24.3 Å². The smallest absolute Gasteiger partial charge is 0.311 e. The molecule has 1 aromatic rings. The zero-order valence-electron chi connectivity index (χ0n) is 18.9. The van der Waals surface area contributed by atoms with Crippen molar-refractivity contribution in [3.63, 3.8) is 0 Å². The van der Waals surface area contributed by atoms with Gasteiger partial charge in [0.2, 0.25) is 0 Å². The van der Waals surface area contributed by atoms with Crippen molar-refractivity contribution >= 4 is 5.97 Å². The predicted octanol–water partition coefficient (Wildman–Crippen LogP) is 3.09. The van der Waals surface area contributed by atoms with E-state index in [4.69, 9.17) is 4.74 Å². The number of hydrogen-bond acceptors (Lipinski definition) is 5. The quantitative estimate of drug-likeness (QED) is 0.595. The van der Waals surface area contributed by atoms with Crippen LogP contribution in [0.3, 0.4) is 0 Å². The maximum absolute atomic E-state index is 12.9. The lowest BCUT2D eigenvalue weighted by atomic mass is 9.55. The zero-order chi connectivity index (χ0) is 21.6. The summed E-state index contributed by atoms with van der Waals surface area (Å²) >= 11 is 0. The number of piperazine rings is 1. The van der Waals surface area contributed by atoms with Crippen molar-refractivity contribution < 1.29 is 14.6 Å². The maximum Gasteiger partial charge on any atom is 0.311 e. The fraction of sp³-hybridized carbons (Fsp3) is 0.654. The highest BCUT2D eigenvalue weighted by Crippen LogP contribution is 2.56. The fourth-order valence-electron chi connectivity index (χ4n) is 6.52.